The molecule has 72 heavy (non-hydrogen) atoms. The van der Waals surface area contributed by atoms with E-state index < -0.39 is 43.4 Å². The Balaban J connectivity index is 2.10. The average Bonchev–Trinajstić information content (AvgIpc) is 3.38. The lowest BCUT2D eigenvalue weighted by Gasteiger charge is -2.39. The molecule has 0 amide bonds. The van der Waals surface area contributed by atoms with Crippen LogP contribution in [0.2, 0.25) is 0 Å². The van der Waals surface area contributed by atoms with Crippen molar-refractivity contribution in [2.24, 2.45) is 0 Å². The van der Waals surface area contributed by atoms with E-state index >= 15 is 0 Å². The highest BCUT2D eigenvalue weighted by Crippen LogP contribution is 2.23. The molecule has 1 aliphatic heterocycles. The minimum absolute atomic E-state index is 0.108. The third kappa shape index (κ3) is 43.9. The van der Waals surface area contributed by atoms with Gasteiger partial charge in [0.1, 0.15) is 30.5 Å². The first-order valence-corrected chi connectivity index (χ1v) is 31.4. The van der Waals surface area contributed by atoms with E-state index in [0.29, 0.717) is 13.0 Å². The predicted octanol–water partition coefficient (Wildman–Crippen LogP) is 16.8. The Morgan fingerprint density at radius 3 is 1.19 bits per heavy atom. The van der Waals surface area contributed by atoms with Gasteiger partial charge in [0.2, 0.25) is 0 Å². The Bertz CT molecular complexity index is 1160. The number of ether oxygens (including phenoxy) is 4. The van der Waals surface area contributed by atoms with Crippen LogP contribution >= 0.6 is 0 Å². The molecular weight excluding hydrogens is 901 g/mol. The monoisotopic (exact) mass is 1020 g/mol. The summed E-state index contributed by atoms with van der Waals surface area (Å²) in [7, 11) is 0. The zero-order valence-corrected chi connectivity index (χ0v) is 47.5. The van der Waals surface area contributed by atoms with Crippen LogP contribution in [0.3, 0.4) is 0 Å². The molecule has 0 aromatic carbocycles. The molecule has 9 nitrogen and oxygen atoms in total. The SMILES string of the molecule is CCCCCCC/C=C\C/C=C\CCCCCCCCCCCCCCOCC(COC1OC(CO)C(O)C(O)C1O)OC(=O)CCCCCCCCCCCCCCCCCCCCCCCCCCC. The van der Waals surface area contributed by atoms with Gasteiger partial charge in [0.25, 0.3) is 0 Å². The number of carbonyl (C=O) groups excluding carboxylic acids is 1. The van der Waals surface area contributed by atoms with E-state index in [4.69, 9.17) is 18.9 Å². The van der Waals surface area contributed by atoms with Crippen molar-refractivity contribution >= 4 is 5.97 Å². The maximum atomic E-state index is 12.9. The Kier molecular flexibility index (Phi) is 52.0. The number of hydrogen-bond acceptors (Lipinski definition) is 9. The number of esters is 1. The van der Waals surface area contributed by atoms with E-state index in [1.807, 2.05) is 0 Å². The van der Waals surface area contributed by atoms with E-state index in [1.54, 1.807) is 0 Å². The Hall–Kier alpha value is -1.33. The summed E-state index contributed by atoms with van der Waals surface area (Å²) < 4.78 is 23.0. The van der Waals surface area contributed by atoms with Crippen LogP contribution in [-0.2, 0) is 23.7 Å². The summed E-state index contributed by atoms with van der Waals surface area (Å²) in [6.07, 6.45) is 61.0. The maximum absolute atomic E-state index is 12.9. The molecule has 6 atom stereocenters. The van der Waals surface area contributed by atoms with Crippen molar-refractivity contribution in [2.45, 2.75) is 346 Å². The predicted molar refractivity (Wildman–Crippen MR) is 302 cm³/mol. The molecule has 1 aliphatic rings. The molecule has 0 aliphatic carbocycles. The molecule has 0 aromatic heterocycles. The summed E-state index contributed by atoms with van der Waals surface area (Å²) >= 11 is 0. The molecule has 4 N–H and O–H groups in total. The van der Waals surface area contributed by atoms with Crippen molar-refractivity contribution in [3.05, 3.63) is 24.3 Å². The zero-order valence-electron chi connectivity index (χ0n) is 47.5. The van der Waals surface area contributed by atoms with E-state index in [2.05, 4.69) is 38.2 Å². The summed E-state index contributed by atoms with van der Waals surface area (Å²) in [5.74, 6) is -0.305. The van der Waals surface area contributed by atoms with E-state index in [9.17, 15) is 25.2 Å². The molecule has 9 heteroatoms. The molecule has 426 valence electrons. The minimum Gasteiger partial charge on any atom is -0.457 e. The highest BCUT2D eigenvalue weighted by atomic mass is 16.7. The lowest BCUT2D eigenvalue weighted by molar-refractivity contribution is -0.305. The average molecular weight is 1020 g/mol. The Morgan fingerprint density at radius 2 is 0.806 bits per heavy atom. The summed E-state index contributed by atoms with van der Waals surface area (Å²) in [5, 5.41) is 40.4. The van der Waals surface area contributed by atoms with Crippen LogP contribution < -0.4 is 0 Å². The smallest absolute Gasteiger partial charge is 0.306 e. The number of carbonyl (C=O) groups is 1. The van der Waals surface area contributed by atoms with E-state index in [1.165, 1.54) is 250 Å². The molecule has 1 rings (SSSR count). The van der Waals surface area contributed by atoms with Crippen LogP contribution in [0, 0.1) is 0 Å². The van der Waals surface area contributed by atoms with E-state index in [0.717, 1.165) is 38.5 Å². The standard InChI is InChI=1S/C63H120O9/c1-3-5-7-9-11-13-15-17-19-21-23-25-27-29-30-32-34-36-38-40-42-44-46-48-50-52-59(65)71-57(56-70-63-62(68)61(67)60(66)58(54-64)72-63)55-69-53-51-49-47-45-43-41-39-37-35-33-31-28-26-24-22-20-18-16-14-12-10-8-6-4-2/h16,18,22,24,57-58,60-64,66-68H,3-15,17,19-21,23,25-56H2,1-2H3/b18-16-,24-22-. The lowest BCUT2D eigenvalue weighted by atomic mass is 9.99. The summed E-state index contributed by atoms with van der Waals surface area (Å²) in [6.45, 7) is 4.62. The number of aliphatic hydroxyl groups excluding tert-OH is 4. The van der Waals surface area contributed by atoms with Gasteiger partial charge in [-0.05, 0) is 44.9 Å². The van der Waals surface area contributed by atoms with Crippen LogP contribution in [0.1, 0.15) is 309 Å². The fourth-order valence-electron chi connectivity index (χ4n) is 10.00. The topological polar surface area (TPSA) is 135 Å². The molecule has 0 aromatic rings. The highest BCUT2D eigenvalue weighted by molar-refractivity contribution is 5.69. The first-order valence-electron chi connectivity index (χ1n) is 31.4. The Labute approximate surface area is 445 Å². The van der Waals surface area contributed by atoms with Crippen LogP contribution in [0.4, 0.5) is 0 Å². The van der Waals surface area contributed by atoms with E-state index in [-0.39, 0.29) is 19.2 Å². The number of allylic oxidation sites excluding steroid dienone is 4. The lowest BCUT2D eigenvalue weighted by Crippen LogP contribution is -2.59. The second-order valence-electron chi connectivity index (χ2n) is 21.9. The molecule has 0 saturated carbocycles. The normalized spacial score (nSPS) is 18.8. The van der Waals surface area contributed by atoms with Crippen molar-refractivity contribution in [1.29, 1.82) is 0 Å². The maximum Gasteiger partial charge on any atom is 0.306 e. The Morgan fingerprint density at radius 1 is 0.444 bits per heavy atom. The van der Waals surface area contributed by atoms with Crippen LogP contribution in [-0.4, -0.2) is 89.6 Å². The largest absolute Gasteiger partial charge is 0.457 e. The van der Waals surface area contributed by atoms with Crippen LogP contribution in [0.25, 0.3) is 0 Å². The third-order valence-electron chi connectivity index (χ3n) is 14.9. The summed E-state index contributed by atoms with van der Waals surface area (Å²) in [5.41, 5.74) is 0. The van der Waals surface area contributed by atoms with Crippen molar-refractivity contribution in [3.8, 4) is 0 Å². The van der Waals surface area contributed by atoms with Crippen molar-refractivity contribution in [3.63, 3.8) is 0 Å². The summed E-state index contributed by atoms with van der Waals surface area (Å²) in [4.78, 5) is 12.9. The number of rotatable bonds is 56. The highest BCUT2D eigenvalue weighted by Gasteiger charge is 2.44. The van der Waals surface area contributed by atoms with Gasteiger partial charge in [-0.1, -0.05) is 282 Å². The fraction of sp³-hybridized carbons (Fsp3) is 0.921. The van der Waals surface area contributed by atoms with Gasteiger partial charge >= 0.3 is 5.97 Å². The molecule has 0 radical (unpaired) electrons. The van der Waals surface area contributed by atoms with Gasteiger partial charge in [0, 0.05) is 13.0 Å². The molecule has 0 spiro atoms. The van der Waals surface area contributed by atoms with Gasteiger partial charge < -0.3 is 39.4 Å². The molecule has 6 unspecified atom stereocenters. The quantitative estimate of drug-likeness (QED) is 0.0267. The first kappa shape index (κ1) is 68.7. The minimum atomic E-state index is -1.54. The van der Waals surface area contributed by atoms with Gasteiger partial charge in [0.15, 0.2) is 6.29 Å². The van der Waals surface area contributed by atoms with Gasteiger partial charge in [-0.25, -0.2) is 0 Å². The zero-order chi connectivity index (χ0) is 52.1. The van der Waals surface area contributed by atoms with Gasteiger partial charge in [0.05, 0.1) is 19.8 Å². The van der Waals surface area contributed by atoms with Gasteiger partial charge in [-0.3, -0.25) is 4.79 Å². The van der Waals surface area contributed by atoms with Gasteiger partial charge in [-0.2, -0.15) is 0 Å². The number of aliphatic hydroxyl groups is 4. The van der Waals surface area contributed by atoms with Crippen molar-refractivity contribution < 1.29 is 44.2 Å². The van der Waals surface area contributed by atoms with Crippen molar-refractivity contribution in [1.82, 2.24) is 0 Å². The molecule has 0 bridgehead atoms. The van der Waals surface area contributed by atoms with Crippen LogP contribution in [0.15, 0.2) is 24.3 Å². The third-order valence-corrected chi connectivity index (χ3v) is 14.9. The molecule has 1 heterocycles. The molecule has 1 saturated heterocycles. The molecular formula is C63H120O9. The fourth-order valence-corrected chi connectivity index (χ4v) is 10.00. The van der Waals surface area contributed by atoms with Gasteiger partial charge in [-0.15, -0.1) is 0 Å². The number of unbranched alkanes of at least 4 members (excludes halogenated alkanes) is 41. The van der Waals surface area contributed by atoms with Crippen molar-refractivity contribution in [2.75, 3.05) is 26.4 Å². The summed E-state index contributed by atoms with van der Waals surface area (Å²) in [6, 6.07) is 0. The second kappa shape index (κ2) is 54.5. The first-order chi connectivity index (χ1) is 35.4. The molecule has 1 fully saturated rings. The number of hydrogen-bond donors (Lipinski definition) is 4. The van der Waals surface area contributed by atoms with Crippen LogP contribution in [0.5, 0.6) is 0 Å². The second-order valence-corrected chi connectivity index (χ2v) is 21.9.